The van der Waals surface area contributed by atoms with Crippen LogP contribution in [0.2, 0.25) is 0 Å². The van der Waals surface area contributed by atoms with Crippen molar-refractivity contribution in [3.63, 3.8) is 0 Å². The van der Waals surface area contributed by atoms with Crippen LogP contribution in [0.3, 0.4) is 0 Å². The van der Waals surface area contributed by atoms with Crippen molar-refractivity contribution < 1.29 is 4.74 Å². The summed E-state index contributed by atoms with van der Waals surface area (Å²) >= 11 is 2.11. The molecular weight excluding hydrogens is 471 g/mol. The van der Waals surface area contributed by atoms with Gasteiger partial charge in [0.25, 0.3) is 0 Å². The molecule has 0 aromatic carbocycles. The van der Waals surface area contributed by atoms with Gasteiger partial charge in [-0.3, -0.25) is 9.89 Å². The first-order valence-electron chi connectivity index (χ1n) is 10.6. The highest BCUT2D eigenvalue weighted by molar-refractivity contribution is 14.0. The molecule has 1 unspecified atom stereocenters. The summed E-state index contributed by atoms with van der Waals surface area (Å²) in [6, 6.07) is 0. The van der Waals surface area contributed by atoms with Crippen molar-refractivity contribution in [3.8, 4) is 0 Å². The number of hydrogen-bond acceptors (Lipinski definition) is 4. The molecule has 158 valence electrons. The van der Waals surface area contributed by atoms with E-state index in [9.17, 15) is 0 Å². The second-order valence-corrected chi connectivity index (χ2v) is 9.27. The van der Waals surface area contributed by atoms with Crippen LogP contribution in [0.25, 0.3) is 0 Å². The van der Waals surface area contributed by atoms with E-state index >= 15 is 0 Å². The fraction of sp³-hybridized carbons (Fsp3) is 0.950. The molecule has 2 heterocycles. The van der Waals surface area contributed by atoms with E-state index in [-0.39, 0.29) is 24.0 Å². The fourth-order valence-electron chi connectivity index (χ4n) is 4.87. The van der Waals surface area contributed by atoms with Crippen LogP contribution in [-0.2, 0) is 4.74 Å². The number of guanidine groups is 1. The van der Waals surface area contributed by atoms with Crippen molar-refractivity contribution >= 4 is 41.7 Å². The lowest BCUT2D eigenvalue weighted by Gasteiger charge is -2.48. The maximum atomic E-state index is 5.63. The first kappa shape index (κ1) is 23.5. The van der Waals surface area contributed by atoms with Gasteiger partial charge in [-0.1, -0.05) is 19.3 Å². The van der Waals surface area contributed by atoms with Crippen LogP contribution in [0.1, 0.15) is 45.4 Å². The zero-order chi connectivity index (χ0) is 18.2. The Morgan fingerprint density at radius 3 is 2.59 bits per heavy atom. The van der Waals surface area contributed by atoms with Crippen molar-refractivity contribution in [2.45, 2.75) is 51.0 Å². The summed E-state index contributed by atoms with van der Waals surface area (Å²) in [6.07, 6.45) is 8.07. The van der Waals surface area contributed by atoms with Crippen LogP contribution < -0.4 is 5.32 Å². The number of nitrogens with zero attached hydrogens (tertiary/aromatic N) is 3. The first-order valence-corrected chi connectivity index (χ1v) is 11.8. The second-order valence-electron chi connectivity index (χ2n) is 8.05. The number of rotatable bonds is 6. The van der Waals surface area contributed by atoms with Crippen molar-refractivity contribution in [1.82, 2.24) is 15.1 Å². The summed E-state index contributed by atoms with van der Waals surface area (Å²) in [5.74, 6) is 4.33. The molecule has 1 aliphatic carbocycles. The van der Waals surface area contributed by atoms with Crippen LogP contribution in [0.15, 0.2) is 4.99 Å². The summed E-state index contributed by atoms with van der Waals surface area (Å²) in [5, 5.41) is 3.78. The maximum Gasteiger partial charge on any atom is 0.193 e. The molecule has 7 heteroatoms. The van der Waals surface area contributed by atoms with Crippen LogP contribution >= 0.6 is 35.7 Å². The van der Waals surface area contributed by atoms with Gasteiger partial charge in [-0.05, 0) is 26.2 Å². The van der Waals surface area contributed by atoms with E-state index in [1.807, 2.05) is 7.05 Å². The largest absolute Gasteiger partial charge is 0.381 e. The molecule has 0 aromatic heterocycles. The van der Waals surface area contributed by atoms with Crippen molar-refractivity contribution in [2.24, 2.45) is 10.9 Å². The molecule has 5 nitrogen and oxygen atoms in total. The summed E-state index contributed by atoms with van der Waals surface area (Å²) in [7, 11) is 1.93. The number of thioether (sulfide) groups is 1. The third-order valence-electron chi connectivity index (χ3n) is 6.40. The summed E-state index contributed by atoms with van der Waals surface area (Å²) in [5.41, 5.74) is 0.347. The number of hydrogen-bond donors (Lipinski definition) is 1. The van der Waals surface area contributed by atoms with Crippen molar-refractivity contribution in [2.75, 3.05) is 64.5 Å². The van der Waals surface area contributed by atoms with Crippen LogP contribution in [0.5, 0.6) is 0 Å². The molecule has 3 rings (SSSR count). The van der Waals surface area contributed by atoms with Gasteiger partial charge >= 0.3 is 0 Å². The van der Waals surface area contributed by atoms with Gasteiger partial charge in [-0.15, -0.1) is 24.0 Å². The van der Waals surface area contributed by atoms with Gasteiger partial charge < -0.3 is 15.0 Å². The molecule has 2 aliphatic heterocycles. The summed E-state index contributed by atoms with van der Waals surface area (Å²) < 4.78 is 5.63. The Morgan fingerprint density at radius 2 is 1.93 bits per heavy atom. The number of nitrogens with one attached hydrogen (secondary N) is 1. The Hall–Kier alpha value is 0.270. The fourth-order valence-corrected chi connectivity index (χ4v) is 5.78. The molecule has 2 saturated heterocycles. The molecule has 1 atom stereocenters. The monoisotopic (exact) mass is 510 g/mol. The lowest BCUT2D eigenvalue weighted by molar-refractivity contribution is 0.0620. The Balaban J connectivity index is 0.00000261. The highest BCUT2D eigenvalue weighted by atomic mass is 127. The zero-order valence-electron chi connectivity index (χ0n) is 17.3. The molecule has 3 fully saturated rings. The van der Waals surface area contributed by atoms with Gasteiger partial charge in [0.05, 0.1) is 6.61 Å². The third kappa shape index (κ3) is 6.37. The Bertz CT molecular complexity index is 453. The van der Waals surface area contributed by atoms with Crippen LogP contribution in [-0.4, -0.2) is 85.8 Å². The standard InChI is InChI=1S/C20H38N4OS.HI/c1-3-25-16-18-7-10-23(15-18)19(21-2)22-17-20(8-5-4-6-9-20)24-11-13-26-14-12-24;/h18H,3-17H2,1-2H3,(H,21,22);1H. The summed E-state index contributed by atoms with van der Waals surface area (Å²) in [6.45, 7) is 9.53. The number of aliphatic imine (C=N–C) groups is 1. The summed E-state index contributed by atoms with van der Waals surface area (Å²) in [4.78, 5) is 9.85. The minimum Gasteiger partial charge on any atom is -0.381 e. The minimum absolute atomic E-state index is 0. The normalized spacial score (nSPS) is 26.7. The topological polar surface area (TPSA) is 40.1 Å². The molecule has 0 spiro atoms. The van der Waals surface area contributed by atoms with Gasteiger partial charge in [-0.2, -0.15) is 11.8 Å². The highest BCUT2D eigenvalue weighted by Crippen LogP contribution is 2.35. The molecule has 0 aromatic rings. The smallest absolute Gasteiger partial charge is 0.193 e. The lowest BCUT2D eigenvalue weighted by atomic mass is 9.80. The molecular formula is C20H39IN4OS. The average molecular weight is 511 g/mol. The molecule has 0 amide bonds. The maximum absolute atomic E-state index is 5.63. The second kappa shape index (κ2) is 12.1. The predicted octanol–water partition coefficient (Wildman–Crippen LogP) is 3.29. The Labute approximate surface area is 187 Å². The predicted molar refractivity (Wildman–Crippen MR) is 128 cm³/mol. The molecule has 1 N–H and O–H groups in total. The highest BCUT2D eigenvalue weighted by Gasteiger charge is 2.39. The van der Waals surface area contributed by atoms with E-state index < -0.39 is 0 Å². The molecule has 27 heavy (non-hydrogen) atoms. The molecule has 0 bridgehead atoms. The molecule has 1 saturated carbocycles. The third-order valence-corrected chi connectivity index (χ3v) is 7.34. The molecule has 0 radical (unpaired) electrons. The molecule has 3 aliphatic rings. The van der Waals surface area contributed by atoms with E-state index in [1.54, 1.807) is 0 Å². The van der Waals surface area contributed by atoms with Gasteiger partial charge in [0, 0.05) is 69.3 Å². The van der Waals surface area contributed by atoms with Gasteiger partial charge in [0.15, 0.2) is 5.96 Å². The average Bonchev–Trinajstić information content (AvgIpc) is 3.17. The van der Waals surface area contributed by atoms with E-state index in [1.165, 1.54) is 63.1 Å². The zero-order valence-corrected chi connectivity index (χ0v) is 20.4. The van der Waals surface area contributed by atoms with Crippen molar-refractivity contribution in [3.05, 3.63) is 0 Å². The van der Waals surface area contributed by atoms with E-state index in [4.69, 9.17) is 4.74 Å². The Kier molecular flexibility index (Phi) is 10.5. The Morgan fingerprint density at radius 1 is 1.19 bits per heavy atom. The number of halogens is 1. The number of ether oxygens (including phenoxy) is 1. The van der Waals surface area contributed by atoms with E-state index in [0.29, 0.717) is 11.5 Å². The van der Waals surface area contributed by atoms with E-state index in [2.05, 4.69) is 38.8 Å². The quantitative estimate of drug-likeness (QED) is 0.338. The first-order chi connectivity index (χ1) is 12.8. The van der Waals surface area contributed by atoms with Gasteiger partial charge in [0.1, 0.15) is 0 Å². The van der Waals surface area contributed by atoms with E-state index in [0.717, 1.165) is 38.8 Å². The SMILES string of the molecule is CCOCC1CCN(C(=NC)NCC2(N3CCSCC3)CCCCC2)C1.I. The van der Waals surface area contributed by atoms with Crippen LogP contribution in [0.4, 0.5) is 0 Å². The number of likely N-dealkylation sites (tertiary alicyclic amines) is 1. The van der Waals surface area contributed by atoms with Gasteiger partial charge in [0.2, 0.25) is 0 Å². The van der Waals surface area contributed by atoms with Crippen LogP contribution in [0, 0.1) is 5.92 Å². The minimum atomic E-state index is 0. The van der Waals surface area contributed by atoms with Gasteiger partial charge in [-0.25, -0.2) is 0 Å². The lowest BCUT2D eigenvalue weighted by Crippen LogP contribution is -2.60. The van der Waals surface area contributed by atoms with Crippen molar-refractivity contribution in [1.29, 1.82) is 0 Å².